The number of rotatable bonds is 7. The highest BCUT2D eigenvalue weighted by molar-refractivity contribution is 6.35. The first-order valence-electron chi connectivity index (χ1n) is 7.65. The fourth-order valence-corrected chi connectivity index (χ4v) is 2.48. The van der Waals surface area contributed by atoms with Crippen LogP contribution in [-0.2, 0) is 20.9 Å². The van der Waals surface area contributed by atoms with E-state index in [9.17, 15) is 19.7 Å². The van der Waals surface area contributed by atoms with E-state index in [1.54, 1.807) is 24.3 Å². The minimum Gasteiger partial charge on any atom is -0.452 e. The third-order valence-electron chi connectivity index (χ3n) is 3.33. The summed E-state index contributed by atoms with van der Waals surface area (Å²) in [5, 5.41) is 14.2. The zero-order valence-electron chi connectivity index (χ0n) is 13.9. The molecule has 2 aromatic carbocycles. The van der Waals surface area contributed by atoms with E-state index in [2.05, 4.69) is 5.32 Å². The van der Waals surface area contributed by atoms with Crippen LogP contribution in [0.5, 0.6) is 0 Å². The van der Waals surface area contributed by atoms with E-state index in [-0.39, 0.29) is 12.2 Å². The third kappa shape index (κ3) is 6.73. The van der Waals surface area contributed by atoms with E-state index in [0.717, 1.165) is 6.08 Å². The van der Waals surface area contributed by atoms with E-state index in [1.165, 1.54) is 24.3 Å². The number of nitro groups is 1. The molecule has 0 aliphatic rings. The molecule has 0 saturated carbocycles. The lowest BCUT2D eigenvalue weighted by molar-refractivity contribution is -0.384. The van der Waals surface area contributed by atoms with E-state index < -0.39 is 23.4 Å². The number of halogens is 2. The van der Waals surface area contributed by atoms with Crippen LogP contribution in [-0.4, -0.2) is 23.4 Å². The predicted octanol–water partition coefficient (Wildman–Crippen LogP) is 3.77. The van der Waals surface area contributed by atoms with Gasteiger partial charge in [-0.2, -0.15) is 0 Å². The number of carbonyl (C=O) groups is 2. The molecule has 0 radical (unpaired) electrons. The second-order valence-corrected chi connectivity index (χ2v) is 6.15. The molecule has 0 fully saturated rings. The van der Waals surface area contributed by atoms with Crippen molar-refractivity contribution in [2.75, 3.05) is 6.61 Å². The summed E-state index contributed by atoms with van der Waals surface area (Å²) in [6, 6.07) is 10.6. The lowest BCUT2D eigenvalue weighted by Gasteiger charge is -2.07. The zero-order valence-corrected chi connectivity index (χ0v) is 15.4. The van der Waals surface area contributed by atoms with Gasteiger partial charge in [0, 0.05) is 34.8 Å². The monoisotopic (exact) mass is 408 g/mol. The van der Waals surface area contributed by atoms with Crippen molar-refractivity contribution in [3.8, 4) is 0 Å². The van der Waals surface area contributed by atoms with Crippen LogP contribution in [0.1, 0.15) is 11.1 Å². The first-order valence-corrected chi connectivity index (χ1v) is 8.40. The Morgan fingerprint density at radius 1 is 1.19 bits per heavy atom. The van der Waals surface area contributed by atoms with E-state index in [4.69, 9.17) is 27.9 Å². The summed E-state index contributed by atoms with van der Waals surface area (Å²) in [7, 11) is 0. The molecule has 9 heteroatoms. The SMILES string of the molecule is O=C(COC(=O)/C=C/c1cccc([N+](=O)[O-])c1)NCc1ccc(Cl)cc1Cl. The van der Waals surface area contributed by atoms with Crippen molar-refractivity contribution in [3.05, 3.63) is 79.8 Å². The fraction of sp³-hybridized carbons (Fsp3) is 0.111. The second kappa shape index (κ2) is 9.70. The maximum Gasteiger partial charge on any atom is 0.331 e. The van der Waals surface area contributed by atoms with Gasteiger partial charge in [-0.1, -0.05) is 41.4 Å². The summed E-state index contributed by atoms with van der Waals surface area (Å²) >= 11 is 11.8. The van der Waals surface area contributed by atoms with Gasteiger partial charge in [-0.05, 0) is 29.3 Å². The van der Waals surface area contributed by atoms with Gasteiger partial charge in [-0.25, -0.2) is 4.79 Å². The van der Waals surface area contributed by atoms with Gasteiger partial charge in [0.25, 0.3) is 11.6 Å². The standard InChI is InChI=1S/C18H14Cl2N2O5/c19-14-6-5-13(16(20)9-14)10-21-17(23)11-27-18(24)7-4-12-2-1-3-15(8-12)22(25)26/h1-9H,10-11H2,(H,21,23)/b7-4+. The van der Waals surface area contributed by atoms with Gasteiger partial charge >= 0.3 is 5.97 Å². The highest BCUT2D eigenvalue weighted by atomic mass is 35.5. The molecule has 1 N–H and O–H groups in total. The van der Waals surface area contributed by atoms with E-state index >= 15 is 0 Å². The first-order chi connectivity index (χ1) is 12.8. The quantitative estimate of drug-likeness (QED) is 0.325. The molecule has 0 aliphatic heterocycles. The lowest BCUT2D eigenvalue weighted by atomic mass is 10.2. The average molecular weight is 409 g/mol. The molecular weight excluding hydrogens is 395 g/mol. The van der Waals surface area contributed by atoms with Gasteiger partial charge < -0.3 is 10.1 Å². The number of carbonyl (C=O) groups excluding carboxylic acids is 2. The molecule has 2 rings (SSSR count). The number of ether oxygens (including phenoxy) is 1. The molecule has 0 aromatic heterocycles. The number of esters is 1. The average Bonchev–Trinajstić information content (AvgIpc) is 2.64. The molecule has 2 aromatic rings. The van der Waals surface area contributed by atoms with Crippen molar-refractivity contribution in [3.63, 3.8) is 0 Å². The van der Waals surface area contributed by atoms with Crippen molar-refractivity contribution < 1.29 is 19.2 Å². The molecule has 0 heterocycles. The molecule has 1 amide bonds. The Hall–Kier alpha value is -2.90. The van der Waals surface area contributed by atoms with Crippen LogP contribution in [0.15, 0.2) is 48.5 Å². The van der Waals surface area contributed by atoms with Crippen molar-refractivity contribution in [2.45, 2.75) is 6.54 Å². The number of non-ortho nitro benzene ring substituents is 1. The smallest absolute Gasteiger partial charge is 0.331 e. The van der Waals surface area contributed by atoms with Crippen LogP contribution in [0, 0.1) is 10.1 Å². The summed E-state index contributed by atoms with van der Waals surface area (Å²) in [6.45, 7) is -0.306. The third-order valence-corrected chi connectivity index (χ3v) is 3.92. The van der Waals surface area contributed by atoms with Crippen molar-refractivity contribution in [1.82, 2.24) is 5.32 Å². The lowest BCUT2D eigenvalue weighted by Crippen LogP contribution is -2.28. The summed E-state index contributed by atoms with van der Waals surface area (Å²) in [5.74, 6) is -1.25. The van der Waals surface area contributed by atoms with Crippen molar-refractivity contribution in [1.29, 1.82) is 0 Å². The van der Waals surface area contributed by atoms with Crippen LogP contribution < -0.4 is 5.32 Å². The molecule has 0 atom stereocenters. The van der Waals surface area contributed by atoms with Crippen LogP contribution in [0.25, 0.3) is 6.08 Å². The summed E-state index contributed by atoms with van der Waals surface area (Å²) in [4.78, 5) is 33.5. The highest BCUT2D eigenvalue weighted by Crippen LogP contribution is 2.20. The number of nitro benzene ring substituents is 1. The van der Waals surface area contributed by atoms with Crippen molar-refractivity contribution >= 4 is 46.8 Å². The Labute approximate surface area is 164 Å². The summed E-state index contributed by atoms with van der Waals surface area (Å²) < 4.78 is 4.82. The van der Waals surface area contributed by atoms with Crippen LogP contribution in [0.4, 0.5) is 5.69 Å². The van der Waals surface area contributed by atoms with Crippen molar-refractivity contribution in [2.24, 2.45) is 0 Å². The summed E-state index contributed by atoms with van der Waals surface area (Å²) in [6.07, 6.45) is 2.45. The van der Waals surface area contributed by atoms with Crippen LogP contribution >= 0.6 is 23.2 Å². The number of nitrogens with zero attached hydrogens (tertiary/aromatic N) is 1. The highest BCUT2D eigenvalue weighted by Gasteiger charge is 2.08. The van der Waals surface area contributed by atoms with Gasteiger partial charge in [-0.3, -0.25) is 14.9 Å². The zero-order chi connectivity index (χ0) is 19.8. The maximum absolute atomic E-state index is 11.7. The molecule has 0 aliphatic carbocycles. The molecule has 7 nitrogen and oxygen atoms in total. The van der Waals surface area contributed by atoms with Gasteiger partial charge in [0.2, 0.25) is 0 Å². The van der Waals surface area contributed by atoms with E-state index in [0.29, 0.717) is 21.2 Å². The number of amides is 1. The Balaban J connectivity index is 1.80. The fourth-order valence-electron chi connectivity index (χ4n) is 2.00. The minimum atomic E-state index is -0.749. The van der Waals surface area contributed by atoms with Crippen LogP contribution in [0.2, 0.25) is 10.0 Å². The Morgan fingerprint density at radius 2 is 1.96 bits per heavy atom. The van der Waals surface area contributed by atoms with Gasteiger partial charge in [-0.15, -0.1) is 0 Å². The molecule has 0 unspecified atom stereocenters. The van der Waals surface area contributed by atoms with Crippen LogP contribution in [0.3, 0.4) is 0 Å². The Bertz CT molecular complexity index is 899. The van der Waals surface area contributed by atoms with Gasteiger partial charge in [0.05, 0.1) is 4.92 Å². The Morgan fingerprint density at radius 3 is 2.67 bits per heavy atom. The topological polar surface area (TPSA) is 98.5 Å². The molecule has 0 saturated heterocycles. The number of nitrogens with one attached hydrogen (secondary N) is 1. The Kier molecular flexibility index (Phi) is 7.34. The minimum absolute atomic E-state index is 0.0919. The molecule has 0 bridgehead atoms. The first kappa shape index (κ1) is 20.4. The number of hydrogen-bond donors (Lipinski definition) is 1. The van der Waals surface area contributed by atoms with Gasteiger partial charge in [0.15, 0.2) is 6.61 Å². The molecule has 27 heavy (non-hydrogen) atoms. The molecular formula is C18H14Cl2N2O5. The maximum atomic E-state index is 11.7. The van der Waals surface area contributed by atoms with Gasteiger partial charge in [0.1, 0.15) is 0 Å². The number of benzene rings is 2. The number of hydrogen-bond acceptors (Lipinski definition) is 5. The molecule has 0 spiro atoms. The van der Waals surface area contributed by atoms with E-state index in [1.807, 2.05) is 0 Å². The predicted molar refractivity (Wildman–Crippen MR) is 101 cm³/mol. The molecule has 140 valence electrons. The largest absolute Gasteiger partial charge is 0.452 e. The second-order valence-electron chi connectivity index (χ2n) is 5.31. The summed E-state index contributed by atoms with van der Waals surface area (Å²) in [5.41, 5.74) is 1.04. The normalized spacial score (nSPS) is 10.6.